The lowest BCUT2D eigenvalue weighted by atomic mass is 9.87. The first-order valence-corrected chi connectivity index (χ1v) is 16.9. The Morgan fingerprint density at radius 2 is 1.79 bits per heavy atom. The number of nitrogens with zero attached hydrogens (tertiary/aromatic N) is 2. The number of benzene rings is 3. The molecule has 3 aromatic carbocycles. The van der Waals surface area contributed by atoms with Crippen LogP contribution in [0.5, 0.6) is 0 Å². The summed E-state index contributed by atoms with van der Waals surface area (Å²) in [4.78, 5) is 41.9. The number of hydrogen-bond donors (Lipinski definition) is 2. The van der Waals surface area contributed by atoms with Crippen molar-refractivity contribution < 1.29 is 32.3 Å². The van der Waals surface area contributed by atoms with E-state index in [1.807, 2.05) is 29.7 Å². The second kappa shape index (κ2) is 14.3. The normalized spacial score (nSPS) is 15.6. The van der Waals surface area contributed by atoms with Crippen LogP contribution in [0.2, 0.25) is 0 Å². The van der Waals surface area contributed by atoms with Crippen LogP contribution in [0.4, 0.5) is 19.3 Å². The quantitative estimate of drug-likeness (QED) is 0.187. The highest BCUT2D eigenvalue weighted by Crippen LogP contribution is 2.42. The molecule has 2 N–H and O–H groups in total. The van der Waals surface area contributed by atoms with E-state index in [9.17, 15) is 18.8 Å². The number of hydrogen-bond acceptors (Lipinski definition) is 7. The Labute approximate surface area is 283 Å². The maximum absolute atomic E-state index is 15.1. The fourth-order valence-corrected chi connectivity index (χ4v) is 6.38. The van der Waals surface area contributed by atoms with E-state index in [1.165, 1.54) is 49.3 Å². The Balaban J connectivity index is 1.55. The molecule has 0 saturated carbocycles. The van der Waals surface area contributed by atoms with Gasteiger partial charge in [0.25, 0.3) is 5.91 Å². The molecule has 12 heteroatoms. The molecule has 1 aromatic heterocycles. The van der Waals surface area contributed by atoms with Gasteiger partial charge in [-0.15, -0.1) is 0 Å². The summed E-state index contributed by atoms with van der Waals surface area (Å²) in [7, 11) is 3.46. The molecular formula is C36H40F2N4O5S. The van der Waals surface area contributed by atoms with Gasteiger partial charge in [-0.2, -0.15) is 0 Å². The number of nitrogens with one attached hydrogen (secondary N) is 2. The predicted octanol–water partition coefficient (Wildman–Crippen LogP) is 7.42. The van der Waals surface area contributed by atoms with Crippen molar-refractivity contribution in [2.45, 2.75) is 51.2 Å². The maximum atomic E-state index is 15.1. The first-order valence-electron chi connectivity index (χ1n) is 15.7. The van der Waals surface area contributed by atoms with Gasteiger partial charge in [0.2, 0.25) is 5.91 Å². The molecule has 0 aliphatic carbocycles. The second-order valence-corrected chi connectivity index (χ2v) is 13.6. The lowest BCUT2D eigenvalue weighted by molar-refractivity contribution is -0.135. The number of likely N-dealkylation sites (tertiary alicyclic amines) is 1. The molecule has 2 atom stereocenters. The van der Waals surface area contributed by atoms with Crippen molar-refractivity contribution in [1.29, 1.82) is 0 Å². The van der Waals surface area contributed by atoms with Crippen LogP contribution in [0, 0.1) is 11.6 Å². The second-order valence-electron chi connectivity index (χ2n) is 12.7. The number of piperidine rings is 1. The molecule has 5 rings (SSSR count). The van der Waals surface area contributed by atoms with Crippen molar-refractivity contribution in [3.8, 4) is 11.3 Å². The molecule has 1 aliphatic rings. The van der Waals surface area contributed by atoms with E-state index in [4.69, 9.17) is 9.15 Å². The van der Waals surface area contributed by atoms with Gasteiger partial charge in [0.1, 0.15) is 34.6 Å². The van der Waals surface area contributed by atoms with Crippen LogP contribution in [-0.4, -0.2) is 61.8 Å². The van der Waals surface area contributed by atoms with Crippen molar-refractivity contribution in [2.75, 3.05) is 37.7 Å². The number of amides is 3. The zero-order valence-corrected chi connectivity index (χ0v) is 28.7. The maximum Gasteiger partial charge on any atom is 0.408 e. The zero-order chi connectivity index (χ0) is 34.7. The van der Waals surface area contributed by atoms with Gasteiger partial charge in [0, 0.05) is 61.9 Å². The van der Waals surface area contributed by atoms with Gasteiger partial charge in [0.15, 0.2) is 0 Å². The standard InChI is InChI=1S/C36H40F2N4O5S/c1-36(2,3)47-35(45)40-31(24-11-7-8-12-27(24)38)34(44)42-17-9-10-22(20-42)25-18-26-29(19-28(25)41(5)48-6)46-32(30(26)33(43)39-4)21-13-15-23(37)16-14-21/h7-8,11-16,18-19,22,31H,9-10,17,20H2,1-6H3,(H,39,43)(H,40,45)/t22-,31-/m0/s1. The van der Waals surface area contributed by atoms with Crippen molar-refractivity contribution >= 4 is 46.5 Å². The number of fused-ring (bicyclic) bond motifs is 1. The Morgan fingerprint density at radius 3 is 2.44 bits per heavy atom. The summed E-state index contributed by atoms with van der Waals surface area (Å²) in [5.74, 6) is -1.68. The van der Waals surface area contributed by atoms with Crippen molar-refractivity contribution in [1.82, 2.24) is 15.5 Å². The highest BCUT2D eigenvalue weighted by Gasteiger charge is 2.35. The van der Waals surface area contributed by atoms with E-state index in [-0.39, 0.29) is 17.4 Å². The summed E-state index contributed by atoms with van der Waals surface area (Å²) in [6.45, 7) is 5.83. The van der Waals surface area contributed by atoms with Gasteiger partial charge < -0.3 is 29.0 Å². The minimum atomic E-state index is -1.30. The highest BCUT2D eigenvalue weighted by molar-refractivity contribution is 7.99. The van der Waals surface area contributed by atoms with Crippen molar-refractivity contribution in [3.05, 3.63) is 89.0 Å². The van der Waals surface area contributed by atoms with E-state index >= 15 is 4.39 Å². The van der Waals surface area contributed by atoms with Crippen molar-refractivity contribution in [3.63, 3.8) is 0 Å². The first kappa shape index (κ1) is 34.7. The molecule has 1 fully saturated rings. The SMILES string of the molecule is CNC(=O)c1c(-c2ccc(F)cc2)oc2cc(N(C)SC)c([C@H]3CCCN(C(=O)[C@@H](NC(=O)OC(C)(C)C)c4ccccc4F)C3)cc12. The fraction of sp³-hybridized carbons (Fsp3) is 0.361. The van der Waals surface area contributed by atoms with E-state index in [0.717, 1.165) is 17.7 Å². The molecule has 9 nitrogen and oxygen atoms in total. The molecule has 3 amide bonds. The molecule has 48 heavy (non-hydrogen) atoms. The van der Waals surface area contributed by atoms with E-state index < -0.39 is 35.3 Å². The van der Waals surface area contributed by atoms with Crippen LogP contribution in [0.15, 0.2) is 65.1 Å². The molecule has 1 aliphatic heterocycles. The van der Waals surface area contributed by atoms with Gasteiger partial charge in [-0.3, -0.25) is 9.59 Å². The summed E-state index contributed by atoms with van der Waals surface area (Å²) in [5.41, 5.74) is 2.32. The Bertz CT molecular complexity index is 1820. The molecule has 0 unspecified atom stereocenters. The molecule has 254 valence electrons. The third-order valence-electron chi connectivity index (χ3n) is 8.31. The smallest absolute Gasteiger partial charge is 0.408 e. The van der Waals surface area contributed by atoms with Crippen LogP contribution >= 0.6 is 11.9 Å². The number of rotatable bonds is 8. The van der Waals surface area contributed by atoms with Gasteiger partial charge in [0.05, 0.1) is 11.3 Å². The number of furan rings is 1. The number of ether oxygens (including phenoxy) is 1. The predicted molar refractivity (Wildman–Crippen MR) is 184 cm³/mol. The average molecular weight is 679 g/mol. The Morgan fingerprint density at radius 1 is 1.08 bits per heavy atom. The van der Waals surface area contributed by atoms with Gasteiger partial charge in [-0.05, 0) is 75.6 Å². The Hall–Kier alpha value is -4.58. The summed E-state index contributed by atoms with van der Waals surface area (Å²) in [6.07, 6.45) is 2.51. The van der Waals surface area contributed by atoms with Crippen LogP contribution in [0.3, 0.4) is 0 Å². The number of carbonyl (C=O) groups is 3. The first-order chi connectivity index (χ1) is 22.8. The fourth-order valence-electron chi connectivity index (χ4n) is 6.02. The van der Waals surface area contributed by atoms with Gasteiger partial charge >= 0.3 is 6.09 Å². The number of alkyl carbamates (subject to hydrolysis) is 1. The summed E-state index contributed by atoms with van der Waals surface area (Å²) in [6, 6.07) is 14.1. The number of halogens is 2. The van der Waals surface area contributed by atoms with Crippen LogP contribution < -0.4 is 14.9 Å². The lowest BCUT2D eigenvalue weighted by Crippen LogP contribution is -2.47. The monoisotopic (exact) mass is 678 g/mol. The molecule has 2 heterocycles. The minimum absolute atomic E-state index is 0.0432. The summed E-state index contributed by atoms with van der Waals surface area (Å²) >= 11 is 1.49. The molecule has 0 spiro atoms. The average Bonchev–Trinajstić information content (AvgIpc) is 3.44. The van der Waals surface area contributed by atoms with Crippen molar-refractivity contribution in [2.24, 2.45) is 0 Å². The summed E-state index contributed by atoms with van der Waals surface area (Å²) < 4.78 is 42.5. The van der Waals surface area contributed by atoms with Gasteiger partial charge in [-0.1, -0.05) is 30.1 Å². The lowest BCUT2D eigenvalue weighted by Gasteiger charge is -2.37. The summed E-state index contributed by atoms with van der Waals surface area (Å²) in [5, 5.41) is 5.89. The molecule has 0 bridgehead atoms. The molecular weight excluding hydrogens is 638 g/mol. The molecule has 1 saturated heterocycles. The highest BCUT2D eigenvalue weighted by atomic mass is 32.2. The van der Waals surface area contributed by atoms with Crippen LogP contribution in [0.25, 0.3) is 22.3 Å². The van der Waals surface area contributed by atoms with E-state index in [2.05, 4.69) is 10.6 Å². The topological polar surface area (TPSA) is 104 Å². The third-order valence-corrected chi connectivity index (χ3v) is 9.05. The number of anilines is 1. The van der Waals surface area contributed by atoms with E-state index in [1.54, 1.807) is 43.9 Å². The van der Waals surface area contributed by atoms with Crippen LogP contribution in [0.1, 0.15) is 67.1 Å². The Kier molecular flexibility index (Phi) is 10.3. The van der Waals surface area contributed by atoms with Gasteiger partial charge in [-0.25, -0.2) is 13.6 Å². The minimum Gasteiger partial charge on any atom is -0.455 e. The zero-order valence-electron chi connectivity index (χ0n) is 27.9. The number of carbonyl (C=O) groups excluding carboxylic acids is 3. The van der Waals surface area contributed by atoms with Crippen LogP contribution in [-0.2, 0) is 9.53 Å². The third kappa shape index (κ3) is 7.43. The molecule has 0 radical (unpaired) electrons. The molecule has 4 aromatic rings. The largest absolute Gasteiger partial charge is 0.455 e. The van der Waals surface area contributed by atoms with E-state index in [0.29, 0.717) is 47.4 Å².